The second-order valence-electron chi connectivity index (χ2n) is 10.4. The van der Waals surface area contributed by atoms with Gasteiger partial charge in [-0.3, -0.25) is 4.79 Å². The largest absolute Gasteiger partial charge is 0.478 e. The average molecular weight is 570 g/mol. The molecule has 1 aliphatic heterocycles. The predicted octanol–water partition coefficient (Wildman–Crippen LogP) is 6.82. The van der Waals surface area contributed by atoms with Gasteiger partial charge in [0, 0.05) is 19.0 Å². The van der Waals surface area contributed by atoms with Gasteiger partial charge < -0.3 is 19.5 Å². The van der Waals surface area contributed by atoms with Crippen molar-refractivity contribution in [2.45, 2.75) is 46.1 Å². The third-order valence-corrected chi connectivity index (χ3v) is 8.24. The molecule has 1 N–H and O–H groups in total. The zero-order chi connectivity index (χ0) is 28.3. The Hall–Kier alpha value is -3.36. The molecule has 0 bridgehead atoms. The van der Waals surface area contributed by atoms with E-state index in [0.29, 0.717) is 40.1 Å². The molecule has 1 aliphatic rings. The smallest absolute Gasteiger partial charge is 0.415 e. The van der Waals surface area contributed by atoms with Crippen LogP contribution in [0.1, 0.15) is 46.6 Å². The Morgan fingerprint density at radius 1 is 1.05 bits per heavy atom. The first-order valence-electron chi connectivity index (χ1n) is 12.8. The molecular weight excluding hydrogens is 538 g/mol. The van der Waals surface area contributed by atoms with Crippen LogP contribution in [0.3, 0.4) is 0 Å². The highest BCUT2D eigenvalue weighted by atomic mass is 35.5. The van der Waals surface area contributed by atoms with Crippen LogP contribution in [-0.4, -0.2) is 46.5 Å². The quantitative estimate of drug-likeness (QED) is 0.284. The van der Waals surface area contributed by atoms with E-state index in [1.807, 2.05) is 32.0 Å². The van der Waals surface area contributed by atoms with E-state index in [9.17, 15) is 19.5 Å². The van der Waals surface area contributed by atoms with Crippen LogP contribution >= 0.6 is 22.9 Å². The number of carboxylic acids is 1. The van der Waals surface area contributed by atoms with E-state index < -0.39 is 17.7 Å². The summed E-state index contributed by atoms with van der Waals surface area (Å²) in [7, 11) is 0. The normalized spacial score (nSPS) is 17.2. The summed E-state index contributed by atoms with van der Waals surface area (Å²) < 4.78 is 11.9. The van der Waals surface area contributed by atoms with Crippen LogP contribution in [0.25, 0.3) is 0 Å². The van der Waals surface area contributed by atoms with E-state index in [1.165, 1.54) is 25.2 Å². The third-order valence-electron chi connectivity index (χ3n) is 7.00. The number of halogens is 1. The molecule has 1 aromatic heterocycles. The number of aliphatic carboxylic acids is 1. The van der Waals surface area contributed by atoms with E-state index in [2.05, 4.69) is 0 Å². The first-order valence-corrected chi connectivity index (χ1v) is 14.0. The van der Waals surface area contributed by atoms with Gasteiger partial charge in [0.05, 0.1) is 9.21 Å². The van der Waals surface area contributed by atoms with Crippen molar-refractivity contribution in [2.75, 3.05) is 13.1 Å². The van der Waals surface area contributed by atoms with Crippen molar-refractivity contribution in [3.8, 4) is 11.5 Å². The van der Waals surface area contributed by atoms with E-state index in [-0.39, 0.29) is 24.2 Å². The number of hydrogen-bond acceptors (Lipinski definition) is 6. The summed E-state index contributed by atoms with van der Waals surface area (Å²) in [6.07, 6.45) is 0.899. The summed E-state index contributed by atoms with van der Waals surface area (Å²) >= 11 is 7.35. The van der Waals surface area contributed by atoms with Crippen molar-refractivity contribution in [2.24, 2.45) is 11.8 Å². The lowest BCUT2D eigenvalue weighted by Crippen LogP contribution is -2.38. The molecule has 0 spiro atoms. The van der Waals surface area contributed by atoms with Crippen LogP contribution in [0.15, 0.2) is 54.6 Å². The molecule has 2 heterocycles. The number of carbonyl (C=O) groups excluding carboxylic acids is 2. The van der Waals surface area contributed by atoms with Crippen molar-refractivity contribution < 1.29 is 29.0 Å². The molecule has 0 unspecified atom stereocenters. The van der Waals surface area contributed by atoms with Gasteiger partial charge in [0.25, 0.3) is 0 Å². The molecule has 206 valence electrons. The summed E-state index contributed by atoms with van der Waals surface area (Å²) in [5.41, 5.74) is 1.40. The van der Waals surface area contributed by atoms with Gasteiger partial charge >= 0.3 is 12.1 Å². The number of benzene rings is 2. The number of carboxylic acid groups (broad SMARTS) is 1. The van der Waals surface area contributed by atoms with Crippen molar-refractivity contribution in [3.05, 3.63) is 80.5 Å². The molecule has 1 fully saturated rings. The van der Waals surface area contributed by atoms with E-state index in [0.717, 1.165) is 16.7 Å². The molecule has 2 atom stereocenters. The number of aryl methyl sites for hydroxylation is 3. The second kappa shape index (κ2) is 11.8. The SMILES string of the molecule is Cc1cc(CC[C@H]2CN(C(=O)Oc3ccccc3)C[C@@H]2C(=O)c2ccc(Cl)s2)cc(C)c1OC(C)(C)C(=O)O. The molecule has 0 aliphatic carbocycles. The summed E-state index contributed by atoms with van der Waals surface area (Å²) in [5, 5.41) is 9.44. The van der Waals surface area contributed by atoms with Crippen molar-refractivity contribution in [1.29, 1.82) is 0 Å². The molecule has 1 amide bonds. The molecule has 39 heavy (non-hydrogen) atoms. The van der Waals surface area contributed by atoms with Crippen LogP contribution in [0.5, 0.6) is 11.5 Å². The van der Waals surface area contributed by atoms with Crippen molar-refractivity contribution in [3.63, 3.8) is 0 Å². The monoisotopic (exact) mass is 569 g/mol. The van der Waals surface area contributed by atoms with Gasteiger partial charge in [0.1, 0.15) is 11.5 Å². The maximum Gasteiger partial charge on any atom is 0.415 e. The summed E-state index contributed by atoms with van der Waals surface area (Å²) in [5.74, 6) is -0.473. The van der Waals surface area contributed by atoms with Crippen LogP contribution in [0, 0.1) is 25.7 Å². The lowest BCUT2D eigenvalue weighted by atomic mass is 9.86. The summed E-state index contributed by atoms with van der Waals surface area (Å²) in [6, 6.07) is 16.3. The van der Waals surface area contributed by atoms with Crippen LogP contribution < -0.4 is 9.47 Å². The Morgan fingerprint density at radius 2 is 1.72 bits per heavy atom. The fourth-order valence-electron chi connectivity index (χ4n) is 4.89. The minimum atomic E-state index is -1.35. The fraction of sp³-hybridized carbons (Fsp3) is 0.367. The lowest BCUT2D eigenvalue weighted by molar-refractivity contribution is -0.152. The Labute approximate surface area is 237 Å². The van der Waals surface area contributed by atoms with E-state index >= 15 is 0 Å². The van der Waals surface area contributed by atoms with Crippen LogP contribution in [-0.2, 0) is 11.2 Å². The molecule has 4 rings (SSSR count). The summed E-state index contributed by atoms with van der Waals surface area (Å²) in [4.78, 5) is 40.1. The van der Waals surface area contributed by atoms with E-state index in [1.54, 1.807) is 41.3 Å². The Bertz CT molecular complexity index is 1350. The molecule has 7 nitrogen and oxygen atoms in total. The number of nitrogens with zero attached hydrogens (tertiary/aromatic N) is 1. The number of hydrogen-bond donors (Lipinski definition) is 1. The van der Waals surface area contributed by atoms with Crippen molar-refractivity contribution >= 4 is 40.8 Å². The highest BCUT2D eigenvalue weighted by molar-refractivity contribution is 7.18. The molecule has 0 saturated carbocycles. The Kier molecular flexibility index (Phi) is 8.67. The Balaban J connectivity index is 1.50. The molecule has 0 radical (unpaired) electrons. The zero-order valence-corrected chi connectivity index (χ0v) is 24.0. The minimum absolute atomic E-state index is 0.0149. The number of Topliss-reactive ketones (excluding diaryl/α,β-unsaturated/α-hetero) is 1. The molecule has 3 aromatic rings. The number of rotatable bonds is 9. The topological polar surface area (TPSA) is 93.1 Å². The highest BCUT2D eigenvalue weighted by Crippen LogP contribution is 2.35. The number of amides is 1. The summed E-state index contributed by atoms with van der Waals surface area (Å²) in [6.45, 7) is 7.53. The van der Waals surface area contributed by atoms with Gasteiger partial charge in [-0.15, -0.1) is 11.3 Å². The number of ketones is 1. The van der Waals surface area contributed by atoms with Crippen molar-refractivity contribution in [1.82, 2.24) is 4.90 Å². The number of para-hydroxylation sites is 1. The third kappa shape index (κ3) is 6.81. The van der Waals surface area contributed by atoms with Gasteiger partial charge in [-0.2, -0.15) is 0 Å². The average Bonchev–Trinajstić information content (AvgIpc) is 3.52. The lowest BCUT2D eigenvalue weighted by Gasteiger charge is -2.25. The first kappa shape index (κ1) is 28.6. The van der Waals surface area contributed by atoms with Gasteiger partial charge in [0.15, 0.2) is 11.4 Å². The van der Waals surface area contributed by atoms with Gasteiger partial charge in [-0.25, -0.2) is 9.59 Å². The molecule has 9 heteroatoms. The molecular formula is C30H32ClNO6S. The second-order valence-corrected chi connectivity index (χ2v) is 12.2. The zero-order valence-electron chi connectivity index (χ0n) is 22.4. The fourth-order valence-corrected chi connectivity index (χ4v) is 5.94. The number of thiophene rings is 1. The first-order chi connectivity index (χ1) is 18.4. The van der Waals surface area contributed by atoms with Gasteiger partial charge in [-0.1, -0.05) is 41.9 Å². The Morgan fingerprint density at radius 3 is 2.31 bits per heavy atom. The minimum Gasteiger partial charge on any atom is -0.478 e. The standard InChI is InChI=1S/C30H32ClNO6S/c1-18-14-20(15-19(2)27(18)38-30(3,4)28(34)35)10-11-21-16-32(29(36)37-22-8-6-5-7-9-22)17-23(21)26(33)24-12-13-25(31)39-24/h5-9,12-15,21,23H,10-11,16-17H2,1-4H3,(H,34,35)/t21-,23-/m0/s1. The van der Waals surface area contributed by atoms with Crippen LogP contribution in [0.4, 0.5) is 4.79 Å². The number of carbonyl (C=O) groups is 3. The molecule has 1 saturated heterocycles. The highest BCUT2D eigenvalue weighted by Gasteiger charge is 2.40. The maximum absolute atomic E-state index is 13.5. The number of likely N-dealkylation sites (tertiary alicyclic amines) is 1. The van der Waals surface area contributed by atoms with Gasteiger partial charge in [0.2, 0.25) is 0 Å². The predicted molar refractivity (Wildman–Crippen MR) is 151 cm³/mol. The van der Waals surface area contributed by atoms with Crippen LogP contribution in [0.2, 0.25) is 4.34 Å². The maximum atomic E-state index is 13.5. The number of ether oxygens (including phenoxy) is 2. The van der Waals surface area contributed by atoms with Gasteiger partial charge in [-0.05, 0) is 87.4 Å². The van der Waals surface area contributed by atoms with E-state index in [4.69, 9.17) is 21.1 Å². The molecule has 2 aromatic carbocycles.